The summed E-state index contributed by atoms with van der Waals surface area (Å²) in [6.45, 7) is 0. The standard InChI is InChI=1S/C24H21N5O6/c1-33-20-12-15-17(13-21(20)34-2)25-10-8-19(15)35-14-6-7-16(18(30)11-14)27-23(31)29-24(32)28-22-5-3-4-9-26-22/h3-13,30H,1-2H3,(H3,26,27,28,29,31,32). The van der Waals surface area contributed by atoms with Gasteiger partial charge in [0.1, 0.15) is 23.1 Å². The van der Waals surface area contributed by atoms with Gasteiger partial charge in [0.15, 0.2) is 11.5 Å². The van der Waals surface area contributed by atoms with Crippen LogP contribution in [0.25, 0.3) is 10.9 Å². The first-order chi connectivity index (χ1) is 17.0. The number of nitrogens with one attached hydrogen (secondary N) is 3. The molecule has 0 spiro atoms. The second-order valence-corrected chi connectivity index (χ2v) is 7.06. The van der Waals surface area contributed by atoms with Gasteiger partial charge in [-0.1, -0.05) is 6.07 Å². The summed E-state index contributed by atoms with van der Waals surface area (Å²) in [5, 5.41) is 17.9. The first kappa shape index (κ1) is 23.1. The molecule has 0 atom stereocenters. The summed E-state index contributed by atoms with van der Waals surface area (Å²) in [6.07, 6.45) is 3.08. The van der Waals surface area contributed by atoms with Crippen LogP contribution in [0.4, 0.5) is 21.1 Å². The number of carbonyl (C=O) groups excluding carboxylic acids is 2. The van der Waals surface area contributed by atoms with Crippen LogP contribution in [0.1, 0.15) is 0 Å². The zero-order valence-electron chi connectivity index (χ0n) is 18.7. The number of fused-ring (bicyclic) bond motifs is 1. The van der Waals surface area contributed by atoms with E-state index in [-0.39, 0.29) is 17.3 Å². The van der Waals surface area contributed by atoms with Crippen LogP contribution < -0.4 is 30.2 Å². The number of hydrogen-bond donors (Lipinski definition) is 4. The molecule has 178 valence electrons. The Kier molecular flexibility index (Phi) is 6.77. The zero-order chi connectivity index (χ0) is 24.8. The van der Waals surface area contributed by atoms with Crippen LogP contribution in [0, 0.1) is 0 Å². The minimum absolute atomic E-state index is 0.0754. The molecule has 2 aromatic heterocycles. The van der Waals surface area contributed by atoms with E-state index >= 15 is 0 Å². The molecular weight excluding hydrogens is 454 g/mol. The number of urea groups is 2. The zero-order valence-corrected chi connectivity index (χ0v) is 18.7. The number of phenols is 1. The molecule has 0 aliphatic heterocycles. The van der Waals surface area contributed by atoms with Crippen LogP contribution in [0.15, 0.2) is 67.0 Å². The number of anilines is 2. The summed E-state index contributed by atoms with van der Waals surface area (Å²) in [7, 11) is 3.07. The van der Waals surface area contributed by atoms with E-state index in [0.717, 1.165) is 0 Å². The third-order valence-electron chi connectivity index (χ3n) is 4.79. The fourth-order valence-corrected chi connectivity index (χ4v) is 3.19. The van der Waals surface area contributed by atoms with Crippen molar-refractivity contribution in [3.63, 3.8) is 0 Å². The highest BCUT2D eigenvalue weighted by atomic mass is 16.5. The van der Waals surface area contributed by atoms with Gasteiger partial charge in [-0.2, -0.15) is 0 Å². The van der Waals surface area contributed by atoms with Crippen molar-refractivity contribution >= 4 is 34.5 Å². The Morgan fingerprint density at radius 1 is 0.829 bits per heavy atom. The van der Waals surface area contributed by atoms with Crippen LogP contribution in [-0.2, 0) is 0 Å². The fraction of sp³-hybridized carbons (Fsp3) is 0.0833. The van der Waals surface area contributed by atoms with E-state index in [1.807, 2.05) is 0 Å². The molecule has 0 aliphatic carbocycles. The van der Waals surface area contributed by atoms with Gasteiger partial charge in [0.05, 0.1) is 25.4 Å². The van der Waals surface area contributed by atoms with Gasteiger partial charge in [0.2, 0.25) is 0 Å². The maximum Gasteiger partial charge on any atom is 0.328 e. The summed E-state index contributed by atoms with van der Waals surface area (Å²) in [4.78, 5) is 32.3. The SMILES string of the molecule is COc1cc2nccc(Oc3ccc(NC(=O)NC(=O)Nc4ccccn4)c(O)c3)c2cc1OC. The van der Waals surface area contributed by atoms with Gasteiger partial charge < -0.3 is 24.6 Å². The molecule has 4 amide bonds. The average Bonchev–Trinajstić information content (AvgIpc) is 2.85. The predicted molar refractivity (Wildman–Crippen MR) is 128 cm³/mol. The van der Waals surface area contributed by atoms with E-state index in [1.54, 1.807) is 48.7 Å². The normalized spacial score (nSPS) is 10.3. The van der Waals surface area contributed by atoms with E-state index < -0.39 is 12.1 Å². The Balaban J connectivity index is 1.45. The lowest BCUT2D eigenvalue weighted by atomic mass is 10.2. The minimum Gasteiger partial charge on any atom is -0.506 e. The number of pyridine rings is 2. The van der Waals surface area contributed by atoms with Crippen molar-refractivity contribution in [2.75, 3.05) is 24.9 Å². The molecule has 11 nitrogen and oxygen atoms in total. The van der Waals surface area contributed by atoms with Crippen molar-refractivity contribution in [2.24, 2.45) is 0 Å². The summed E-state index contributed by atoms with van der Waals surface area (Å²) in [5.41, 5.74) is 0.704. The lowest BCUT2D eigenvalue weighted by molar-refractivity contribution is 0.240. The fourth-order valence-electron chi connectivity index (χ4n) is 3.19. The highest BCUT2D eigenvalue weighted by Gasteiger charge is 2.14. The van der Waals surface area contributed by atoms with E-state index in [9.17, 15) is 14.7 Å². The molecular formula is C24H21N5O6. The lowest BCUT2D eigenvalue weighted by Crippen LogP contribution is -2.37. The number of nitrogens with zero attached hydrogens (tertiary/aromatic N) is 2. The molecule has 4 rings (SSSR count). The van der Waals surface area contributed by atoms with Gasteiger partial charge in [0, 0.05) is 29.9 Å². The average molecular weight is 475 g/mol. The van der Waals surface area contributed by atoms with Gasteiger partial charge in [-0.3, -0.25) is 15.6 Å². The molecule has 35 heavy (non-hydrogen) atoms. The smallest absolute Gasteiger partial charge is 0.328 e. The van der Waals surface area contributed by atoms with Crippen molar-refractivity contribution in [1.29, 1.82) is 0 Å². The molecule has 2 aromatic carbocycles. The maximum absolute atomic E-state index is 12.1. The molecule has 0 unspecified atom stereocenters. The third kappa shape index (κ3) is 5.47. The molecule has 0 aliphatic rings. The van der Waals surface area contributed by atoms with Crippen molar-refractivity contribution in [1.82, 2.24) is 15.3 Å². The van der Waals surface area contributed by atoms with Crippen LogP contribution in [0.2, 0.25) is 0 Å². The second kappa shape index (κ2) is 10.3. The van der Waals surface area contributed by atoms with Crippen LogP contribution >= 0.6 is 0 Å². The number of carbonyl (C=O) groups is 2. The number of aromatic hydroxyl groups is 1. The first-order valence-corrected chi connectivity index (χ1v) is 10.3. The predicted octanol–water partition coefficient (Wildman–Crippen LogP) is 4.50. The van der Waals surface area contributed by atoms with Gasteiger partial charge in [-0.15, -0.1) is 0 Å². The summed E-state index contributed by atoms with van der Waals surface area (Å²) in [5.74, 6) is 1.84. The highest BCUT2D eigenvalue weighted by molar-refractivity contribution is 6.05. The summed E-state index contributed by atoms with van der Waals surface area (Å²) in [6, 6.07) is 12.8. The van der Waals surface area contributed by atoms with Crippen LogP contribution in [0.3, 0.4) is 0 Å². The largest absolute Gasteiger partial charge is 0.506 e. The lowest BCUT2D eigenvalue weighted by Gasteiger charge is -2.13. The van der Waals surface area contributed by atoms with Crippen molar-refractivity contribution < 1.29 is 28.9 Å². The Labute approximate surface area is 199 Å². The molecule has 0 fully saturated rings. The number of imide groups is 1. The maximum atomic E-state index is 12.1. The molecule has 0 saturated carbocycles. The molecule has 0 radical (unpaired) electrons. The number of phenolic OH excluding ortho intramolecular Hbond substituents is 1. The molecule has 2 heterocycles. The minimum atomic E-state index is -0.844. The van der Waals surface area contributed by atoms with Crippen molar-refractivity contribution in [2.45, 2.75) is 0 Å². The van der Waals surface area contributed by atoms with E-state index in [4.69, 9.17) is 14.2 Å². The number of aromatic nitrogens is 2. The monoisotopic (exact) mass is 475 g/mol. The van der Waals surface area contributed by atoms with E-state index in [0.29, 0.717) is 33.9 Å². The molecule has 11 heteroatoms. The first-order valence-electron chi connectivity index (χ1n) is 10.3. The van der Waals surface area contributed by atoms with Gasteiger partial charge in [0.25, 0.3) is 0 Å². The van der Waals surface area contributed by atoms with Crippen LogP contribution in [0.5, 0.6) is 28.7 Å². The Bertz CT molecular complexity index is 1380. The summed E-state index contributed by atoms with van der Waals surface area (Å²) >= 11 is 0. The highest BCUT2D eigenvalue weighted by Crippen LogP contribution is 2.38. The van der Waals surface area contributed by atoms with Gasteiger partial charge in [-0.05, 0) is 36.4 Å². The number of benzene rings is 2. The second-order valence-electron chi connectivity index (χ2n) is 7.06. The van der Waals surface area contributed by atoms with Gasteiger partial charge in [-0.25, -0.2) is 14.6 Å². The number of hydrogen-bond acceptors (Lipinski definition) is 8. The molecule has 4 aromatic rings. The van der Waals surface area contributed by atoms with E-state index in [2.05, 4.69) is 25.9 Å². The Hall–Kier alpha value is -5.06. The Morgan fingerprint density at radius 3 is 2.31 bits per heavy atom. The van der Waals surface area contributed by atoms with Gasteiger partial charge >= 0.3 is 12.1 Å². The molecule has 4 N–H and O–H groups in total. The number of amides is 4. The van der Waals surface area contributed by atoms with E-state index in [1.165, 1.54) is 32.5 Å². The van der Waals surface area contributed by atoms with Crippen molar-refractivity contribution in [3.8, 4) is 28.7 Å². The quantitative estimate of drug-likeness (QED) is 0.299. The number of rotatable bonds is 6. The third-order valence-corrected chi connectivity index (χ3v) is 4.79. The molecule has 0 saturated heterocycles. The van der Waals surface area contributed by atoms with Crippen LogP contribution in [-0.4, -0.2) is 41.4 Å². The number of methoxy groups -OCH3 is 2. The Morgan fingerprint density at radius 2 is 1.60 bits per heavy atom. The number of ether oxygens (including phenoxy) is 3. The molecule has 0 bridgehead atoms. The van der Waals surface area contributed by atoms with Crippen molar-refractivity contribution in [3.05, 3.63) is 67.0 Å². The topological polar surface area (TPSA) is 144 Å². The summed E-state index contributed by atoms with van der Waals surface area (Å²) < 4.78 is 16.6.